The molecule has 1 aliphatic heterocycles. The third kappa shape index (κ3) is 2.35. The molecule has 2 aromatic heterocycles. The lowest BCUT2D eigenvalue weighted by Gasteiger charge is -2.09. The second-order valence-electron chi connectivity index (χ2n) is 4.92. The first kappa shape index (κ1) is 12.9. The van der Waals surface area contributed by atoms with Crippen LogP contribution in [0.25, 0.3) is 10.1 Å². The average Bonchev–Trinajstić information content (AvgIpc) is 3.10. The molecule has 0 spiro atoms. The Hall–Kier alpha value is -1.76. The minimum absolute atomic E-state index is 0.0773. The van der Waals surface area contributed by atoms with E-state index in [4.69, 9.17) is 0 Å². The van der Waals surface area contributed by atoms with Crippen LogP contribution in [-0.2, 0) is 13.0 Å². The molecule has 0 fully saturated rings. The summed E-state index contributed by atoms with van der Waals surface area (Å²) < 4.78 is 1.13. The first-order chi connectivity index (χ1) is 10.3. The number of thiophene rings is 1. The van der Waals surface area contributed by atoms with Crippen molar-refractivity contribution in [3.8, 4) is 0 Å². The molecular weight excluding hydrogens is 302 g/mol. The van der Waals surface area contributed by atoms with Gasteiger partial charge in [0.2, 0.25) is 0 Å². The first-order valence-electron chi connectivity index (χ1n) is 6.78. The minimum Gasteiger partial charge on any atom is -0.311 e. The van der Waals surface area contributed by atoms with Crippen molar-refractivity contribution in [2.24, 2.45) is 0 Å². The zero-order valence-electron chi connectivity index (χ0n) is 11.2. The number of nitrogens with one attached hydrogen (secondary N) is 2. The highest BCUT2D eigenvalue weighted by molar-refractivity contribution is 7.17. The molecule has 1 amide bonds. The van der Waals surface area contributed by atoms with Gasteiger partial charge in [-0.3, -0.25) is 10.1 Å². The van der Waals surface area contributed by atoms with Crippen molar-refractivity contribution in [1.29, 1.82) is 0 Å². The SMILES string of the molecule is O=C(Nc1nc2c(s1)CNCC2)c1csc2ccccc12. The molecule has 3 heterocycles. The van der Waals surface area contributed by atoms with E-state index in [9.17, 15) is 4.79 Å². The van der Waals surface area contributed by atoms with Crippen molar-refractivity contribution < 1.29 is 4.79 Å². The van der Waals surface area contributed by atoms with Crippen molar-refractivity contribution in [1.82, 2.24) is 10.3 Å². The van der Waals surface area contributed by atoms with Crippen LogP contribution >= 0.6 is 22.7 Å². The highest BCUT2D eigenvalue weighted by atomic mass is 32.1. The van der Waals surface area contributed by atoms with Gasteiger partial charge in [-0.15, -0.1) is 22.7 Å². The Morgan fingerprint density at radius 2 is 2.24 bits per heavy atom. The molecule has 0 atom stereocenters. The summed E-state index contributed by atoms with van der Waals surface area (Å²) in [6.07, 6.45) is 0.934. The Morgan fingerprint density at radius 3 is 3.14 bits per heavy atom. The molecule has 4 nitrogen and oxygen atoms in total. The van der Waals surface area contributed by atoms with E-state index in [0.717, 1.165) is 40.9 Å². The number of benzene rings is 1. The maximum absolute atomic E-state index is 12.4. The van der Waals surface area contributed by atoms with Crippen molar-refractivity contribution in [2.75, 3.05) is 11.9 Å². The van der Waals surface area contributed by atoms with Gasteiger partial charge in [0.05, 0.1) is 11.3 Å². The van der Waals surface area contributed by atoms with Gasteiger partial charge in [-0.05, 0) is 6.07 Å². The van der Waals surface area contributed by atoms with Gasteiger partial charge in [-0.1, -0.05) is 18.2 Å². The number of hydrogen-bond acceptors (Lipinski definition) is 5. The van der Waals surface area contributed by atoms with E-state index in [-0.39, 0.29) is 5.91 Å². The second-order valence-corrected chi connectivity index (χ2v) is 6.91. The summed E-state index contributed by atoms with van der Waals surface area (Å²) in [5, 5.41) is 9.87. The van der Waals surface area contributed by atoms with Crippen molar-refractivity contribution in [2.45, 2.75) is 13.0 Å². The first-order valence-corrected chi connectivity index (χ1v) is 8.48. The fraction of sp³-hybridized carbons (Fsp3) is 0.200. The molecule has 0 radical (unpaired) electrons. The molecule has 4 rings (SSSR count). The molecule has 3 aromatic rings. The molecule has 2 N–H and O–H groups in total. The van der Waals surface area contributed by atoms with E-state index in [1.165, 1.54) is 4.88 Å². The van der Waals surface area contributed by atoms with Gasteiger partial charge < -0.3 is 5.32 Å². The van der Waals surface area contributed by atoms with Gasteiger partial charge in [0.25, 0.3) is 5.91 Å². The molecule has 0 saturated heterocycles. The number of amides is 1. The Kier molecular flexibility index (Phi) is 3.21. The molecule has 106 valence electrons. The highest BCUT2D eigenvalue weighted by Gasteiger charge is 2.18. The number of carbonyl (C=O) groups is 1. The Balaban J connectivity index is 1.62. The van der Waals surface area contributed by atoms with Crippen LogP contribution in [0.15, 0.2) is 29.6 Å². The summed E-state index contributed by atoms with van der Waals surface area (Å²) in [4.78, 5) is 18.2. The number of anilines is 1. The highest BCUT2D eigenvalue weighted by Crippen LogP contribution is 2.29. The van der Waals surface area contributed by atoms with Crippen LogP contribution in [-0.4, -0.2) is 17.4 Å². The van der Waals surface area contributed by atoms with Crippen molar-refractivity contribution in [3.05, 3.63) is 45.8 Å². The van der Waals surface area contributed by atoms with E-state index in [2.05, 4.69) is 15.6 Å². The van der Waals surface area contributed by atoms with E-state index in [1.54, 1.807) is 22.7 Å². The summed E-state index contributed by atoms with van der Waals surface area (Å²) in [6, 6.07) is 7.96. The molecule has 21 heavy (non-hydrogen) atoms. The monoisotopic (exact) mass is 315 g/mol. The number of carbonyl (C=O) groups excluding carboxylic acids is 1. The lowest BCUT2D eigenvalue weighted by Crippen LogP contribution is -2.22. The van der Waals surface area contributed by atoms with Crippen LogP contribution in [0.5, 0.6) is 0 Å². The van der Waals surface area contributed by atoms with Crippen LogP contribution in [0, 0.1) is 0 Å². The van der Waals surface area contributed by atoms with Crippen LogP contribution in [0.2, 0.25) is 0 Å². The summed E-state index contributed by atoms with van der Waals surface area (Å²) in [7, 11) is 0. The van der Waals surface area contributed by atoms with Crippen LogP contribution < -0.4 is 10.6 Å². The zero-order chi connectivity index (χ0) is 14.2. The Labute approximate surface area is 129 Å². The Morgan fingerprint density at radius 1 is 1.33 bits per heavy atom. The summed E-state index contributed by atoms with van der Waals surface area (Å²) in [5.41, 5.74) is 1.84. The van der Waals surface area contributed by atoms with Crippen LogP contribution in [0.4, 0.5) is 5.13 Å². The number of hydrogen-bond donors (Lipinski definition) is 2. The van der Waals surface area contributed by atoms with Crippen molar-refractivity contribution >= 4 is 43.8 Å². The summed E-state index contributed by atoms with van der Waals surface area (Å²) in [6.45, 7) is 1.81. The molecule has 1 aromatic carbocycles. The third-order valence-electron chi connectivity index (χ3n) is 3.55. The summed E-state index contributed by atoms with van der Waals surface area (Å²) in [5.74, 6) is -0.0773. The van der Waals surface area contributed by atoms with Gasteiger partial charge >= 0.3 is 0 Å². The van der Waals surface area contributed by atoms with Crippen molar-refractivity contribution in [3.63, 3.8) is 0 Å². The molecule has 0 saturated carbocycles. The predicted octanol–water partition coefficient (Wildman–Crippen LogP) is 3.26. The molecule has 0 unspecified atom stereocenters. The number of rotatable bonds is 2. The van der Waals surface area contributed by atoms with Gasteiger partial charge in [-0.25, -0.2) is 4.98 Å². The Bertz CT molecular complexity index is 798. The molecule has 6 heteroatoms. The summed E-state index contributed by atoms with van der Waals surface area (Å²) >= 11 is 3.16. The van der Waals surface area contributed by atoms with E-state index >= 15 is 0 Å². The fourth-order valence-electron chi connectivity index (χ4n) is 2.50. The molecular formula is C15H13N3OS2. The normalized spacial score (nSPS) is 14.1. The van der Waals surface area contributed by atoms with E-state index in [0.29, 0.717) is 5.13 Å². The van der Waals surface area contributed by atoms with E-state index < -0.39 is 0 Å². The standard InChI is InChI=1S/C15H13N3OS2/c19-14(10-8-20-12-4-2-1-3-9(10)12)18-15-17-11-5-6-16-7-13(11)21-15/h1-4,8,16H,5-7H2,(H,17,18,19). The predicted molar refractivity (Wildman–Crippen MR) is 87.3 cm³/mol. The number of fused-ring (bicyclic) bond motifs is 2. The average molecular weight is 315 g/mol. The quantitative estimate of drug-likeness (QED) is 0.763. The van der Waals surface area contributed by atoms with Gasteiger partial charge in [-0.2, -0.15) is 0 Å². The number of nitrogens with zero attached hydrogens (tertiary/aromatic N) is 1. The number of thiazole rings is 1. The van der Waals surface area contributed by atoms with Gasteiger partial charge in [0.1, 0.15) is 0 Å². The molecule has 0 bridgehead atoms. The maximum atomic E-state index is 12.4. The smallest absolute Gasteiger partial charge is 0.258 e. The fourth-order valence-corrected chi connectivity index (χ4v) is 4.41. The van der Waals surface area contributed by atoms with Crippen LogP contribution in [0.1, 0.15) is 20.9 Å². The lowest BCUT2D eigenvalue weighted by atomic mass is 10.2. The largest absolute Gasteiger partial charge is 0.311 e. The minimum atomic E-state index is -0.0773. The zero-order valence-corrected chi connectivity index (χ0v) is 12.8. The third-order valence-corrected chi connectivity index (χ3v) is 5.52. The number of aromatic nitrogens is 1. The van der Waals surface area contributed by atoms with Gasteiger partial charge in [0.15, 0.2) is 5.13 Å². The molecule has 1 aliphatic rings. The maximum Gasteiger partial charge on any atom is 0.258 e. The topological polar surface area (TPSA) is 54.0 Å². The molecule has 0 aliphatic carbocycles. The van der Waals surface area contributed by atoms with E-state index in [1.807, 2.05) is 29.6 Å². The second kappa shape index (κ2) is 5.22. The van der Waals surface area contributed by atoms with Crippen LogP contribution in [0.3, 0.4) is 0 Å². The van der Waals surface area contributed by atoms with Gasteiger partial charge in [0, 0.05) is 39.9 Å². The lowest BCUT2D eigenvalue weighted by molar-refractivity contribution is 0.102.